The monoisotopic (exact) mass is 324 g/mol. The third-order valence-electron chi connectivity index (χ3n) is 3.59. The first-order valence-electron chi connectivity index (χ1n) is 7.93. The molecule has 0 aromatic heterocycles. The zero-order valence-electron chi connectivity index (χ0n) is 14.7. The quantitative estimate of drug-likeness (QED) is 0.539. The van der Waals surface area contributed by atoms with E-state index in [0.717, 1.165) is 22.5 Å². The summed E-state index contributed by atoms with van der Waals surface area (Å²) in [5, 5.41) is 20.6. The highest BCUT2D eigenvalue weighted by molar-refractivity contribution is 5.44. The molecule has 0 amide bonds. The molecule has 0 bridgehead atoms. The van der Waals surface area contributed by atoms with Crippen molar-refractivity contribution in [2.45, 2.75) is 13.8 Å². The Kier molecular flexibility index (Phi) is 6.42. The summed E-state index contributed by atoms with van der Waals surface area (Å²) in [6, 6.07) is 15.9. The molecule has 0 radical (unpaired) electrons. The van der Waals surface area contributed by atoms with E-state index in [1.807, 2.05) is 76.5 Å². The number of nitrogens with zero attached hydrogens (tertiary/aromatic N) is 6. The molecule has 2 aromatic carbocycles. The van der Waals surface area contributed by atoms with Crippen LogP contribution in [-0.4, -0.2) is 37.2 Å². The third-order valence-corrected chi connectivity index (χ3v) is 3.59. The maximum atomic E-state index is 4.27. The molecular weight excluding hydrogens is 300 g/mol. The summed E-state index contributed by atoms with van der Waals surface area (Å²) < 4.78 is 0. The van der Waals surface area contributed by atoms with Gasteiger partial charge in [0.2, 0.25) is 0 Å². The second-order valence-electron chi connectivity index (χ2n) is 5.71. The predicted octanol–water partition coefficient (Wildman–Crippen LogP) is 4.86. The molecule has 6 heteroatoms. The Bertz CT molecular complexity index is 649. The van der Waals surface area contributed by atoms with Gasteiger partial charge in [0.25, 0.3) is 0 Å². The van der Waals surface area contributed by atoms with Gasteiger partial charge in [-0.25, -0.2) is 0 Å². The number of likely N-dealkylation sites (N-methyl/N-ethyl adjacent to an activating group) is 2. The van der Waals surface area contributed by atoms with Crippen LogP contribution in [0.2, 0.25) is 0 Å². The van der Waals surface area contributed by atoms with E-state index in [9.17, 15) is 0 Å². The Morgan fingerprint density at radius 2 is 1.04 bits per heavy atom. The van der Waals surface area contributed by atoms with Gasteiger partial charge in [-0.15, -0.1) is 10.2 Å². The van der Waals surface area contributed by atoms with Crippen LogP contribution in [0, 0.1) is 13.8 Å². The maximum absolute atomic E-state index is 4.27. The fourth-order valence-corrected chi connectivity index (χ4v) is 1.98. The fraction of sp³-hybridized carbons (Fsp3) is 0.333. The fourth-order valence-electron chi connectivity index (χ4n) is 1.98. The van der Waals surface area contributed by atoms with Crippen LogP contribution in [-0.2, 0) is 0 Å². The topological polar surface area (TPSA) is 55.9 Å². The lowest BCUT2D eigenvalue weighted by molar-refractivity contribution is 0.252. The minimum Gasteiger partial charge on any atom is -0.280 e. The van der Waals surface area contributed by atoms with Gasteiger partial charge in [-0.05, 0) is 37.1 Å². The Morgan fingerprint density at radius 3 is 1.42 bits per heavy atom. The van der Waals surface area contributed by atoms with Crippen molar-refractivity contribution in [3.05, 3.63) is 59.7 Å². The second-order valence-corrected chi connectivity index (χ2v) is 5.71. The van der Waals surface area contributed by atoms with Gasteiger partial charge in [-0.2, -0.15) is 0 Å². The van der Waals surface area contributed by atoms with Gasteiger partial charge in [-0.3, -0.25) is 10.0 Å². The van der Waals surface area contributed by atoms with Crippen molar-refractivity contribution in [2.24, 2.45) is 20.7 Å². The van der Waals surface area contributed by atoms with Crippen LogP contribution < -0.4 is 0 Å². The Hall–Kier alpha value is -2.76. The van der Waals surface area contributed by atoms with Crippen molar-refractivity contribution in [1.82, 2.24) is 10.0 Å². The van der Waals surface area contributed by atoms with Crippen LogP contribution in [0.15, 0.2) is 69.2 Å². The first-order chi connectivity index (χ1) is 11.6. The molecule has 0 saturated carbocycles. The smallest absolute Gasteiger partial charge is 0.0903 e. The molecule has 2 aromatic rings. The summed E-state index contributed by atoms with van der Waals surface area (Å²) in [5.41, 5.74) is 3.99. The molecule has 0 atom stereocenters. The minimum atomic E-state index is 0.707. The van der Waals surface area contributed by atoms with Gasteiger partial charge in [0.05, 0.1) is 24.5 Å². The van der Waals surface area contributed by atoms with Crippen LogP contribution in [0.3, 0.4) is 0 Å². The molecule has 24 heavy (non-hydrogen) atoms. The van der Waals surface area contributed by atoms with Crippen molar-refractivity contribution in [3.8, 4) is 0 Å². The average Bonchev–Trinajstić information content (AvgIpc) is 2.58. The predicted molar refractivity (Wildman–Crippen MR) is 96.7 cm³/mol. The van der Waals surface area contributed by atoms with E-state index in [4.69, 9.17) is 0 Å². The first-order valence-corrected chi connectivity index (χ1v) is 7.93. The summed E-state index contributed by atoms with van der Waals surface area (Å²) in [6.45, 7) is 5.46. The zero-order chi connectivity index (χ0) is 17.4. The normalized spacial score (nSPS) is 11.3. The van der Waals surface area contributed by atoms with Crippen molar-refractivity contribution < 1.29 is 0 Å². The van der Waals surface area contributed by atoms with E-state index in [0.29, 0.717) is 13.1 Å². The molecule has 0 fully saturated rings. The minimum absolute atomic E-state index is 0.707. The summed E-state index contributed by atoms with van der Waals surface area (Å²) in [7, 11) is 3.79. The van der Waals surface area contributed by atoms with Crippen LogP contribution in [0.4, 0.5) is 11.4 Å². The van der Waals surface area contributed by atoms with Crippen LogP contribution in [0.1, 0.15) is 11.1 Å². The molecule has 0 heterocycles. The lowest BCUT2D eigenvalue weighted by atomic mass is 10.2. The van der Waals surface area contributed by atoms with Crippen molar-refractivity contribution in [1.29, 1.82) is 0 Å². The summed E-state index contributed by atoms with van der Waals surface area (Å²) in [4.78, 5) is 0. The van der Waals surface area contributed by atoms with E-state index in [1.54, 1.807) is 10.0 Å². The highest BCUT2D eigenvalue weighted by atomic mass is 15.6. The van der Waals surface area contributed by atoms with E-state index in [-0.39, 0.29) is 0 Å². The van der Waals surface area contributed by atoms with E-state index in [2.05, 4.69) is 20.7 Å². The summed E-state index contributed by atoms with van der Waals surface area (Å²) >= 11 is 0. The number of rotatable bonds is 7. The summed E-state index contributed by atoms with van der Waals surface area (Å²) in [6.07, 6.45) is 0. The van der Waals surface area contributed by atoms with Gasteiger partial charge in [0.1, 0.15) is 0 Å². The number of aryl methyl sites for hydroxylation is 2. The number of hydrogen-bond donors (Lipinski definition) is 0. The molecule has 0 unspecified atom stereocenters. The van der Waals surface area contributed by atoms with Gasteiger partial charge in [-0.1, -0.05) is 46.8 Å². The standard InChI is InChI=1S/C18H24N6/c1-15-9-5-7-11-17(15)19-21-23(3)13-14-24(4)22-20-18-12-8-6-10-16(18)2/h5-12H,13-14H2,1-4H3. The average molecular weight is 324 g/mol. The van der Waals surface area contributed by atoms with Gasteiger partial charge in [0.15, 0.2) is 0 Å². The molecule has 0 aliphatic rings. The van der Waals surface area contributed by atoms with Gasteiger partial charge < -0.3 is 0 Å². The molecule has 2 rings (SSSR count). The van der Waals surface area contributed by atoms with Crippen LogP contribution >= 0.6 is 0 Å². The molecule has 0 saturated heterocycles. The second kappa shape index (κ2) is 8.76. The van der Waals surface area contributed by atoms with Crippen molar-refractivity contribution in [3.63, 3.8) is 0 Å². The van der Waals surface area contributed by atoms with Crippen LogP contribution in [0.25, 0.3) is 0 Å². The molecule has 6 nitrogen and oxygen atoms in total. The molecular formula is C18H24N6. The van der Waals surface area contributed by atoms with Gasteiger partial charge >= 0.3 is 0 Å². The van der Waals surface area contributed by atoms with Crippen molar-refractivity contribution >= 4 is 11.4 Å². The number of hydrogen-bond acceptors (Lipinski definition) is 4. The highest BCUT2D eigenvalue weighted by Gasteiger charge is 2.00. The van der Waals surface area contributed by atoms with E-state index >= 15 is 0 Å². The van der Waals surface area contributed by atoms with E-state index < -0.39 is 0 Å². The molecule has 126 valence electrons. The Morgan fingerprint density at radius 1 is 0.667 bits per heavy atom. The maximum Gasteiger partial charge on any atom is 0.0903 e. The highest BCUT2D eigenvalue weighted by Crippen LogP contribution is 2.18. The lowest BCUT2D eigenvalue weighted by Crippen LogP contribution is -2.24. The molecule has 0 aliphatic heterocycles. The third kappa shape index (κ3) is 5.46. The summed E-state index contributed by atoms with van der Waals surface area (Å²) in [5.74, 6) is 0. The van der Waals surface area contributed by atoms with Gasteiger partial charge in [0, 0.05) is 14.1 Å². The Balaban J connectivity index is 1.82. The SMILES string of the molecule is Cc1ccccc1N=NN(C)CCN(C)N=Nc1ccccc1C. The van der Waals surface area contributed by atoms with Crippen molar-refractivity contribution in [2.75, 3.05) is 27.2 Å². The Labute approximate surface area is 143 Å². The largest absolute Gasteiger partial charge is 0.280 e. The zero-order valence-corrected chi connectivity index (χ0v) is 14.7. The molecule has 0 N–H and O–H groups in total. The first kappa shape index (κ1) is 17.6. The molecule has 0 aliphatic carbocycles. The van der Waals surface area contributed by atoms with E-state index in [1.165, 1.54) is 0 Å². The van der Waals surface area contributed by atoms with Crippen LogP contribution in [0.5, 0.6) is 0 Å². The lowest BCUT2D eigenvalue weighted by Gasteiger charge is -2.15. The molecule has 0 spiro atoms. The number of benzene rings is 2.